The number of hydrogen-bond donors (Lipinski definition) is 1. The molecule has 0 amide bonds. The Labute approximate surface area is 129 Å². The van der Waals surface area contributed by atoms with Gasteiger partial charge in [-0.3, -0.25) is 0 Å². The van der Waals surface area contributed by atoms with E-state index in [0.717, 1.165) is 24.2 Å². The van der Waals surface area contributed by atoms with E-state index < -0.39 is 0 Å². The van der Waals surface area contributed by atoms with Gasteiger partial charge in [-0.2, -0.15) is 0 Å². The highest BCUT2D eigenvalue weighted by Gasteiger charge is 2.15. The van der Waals surface area contributed by atoms with Gasteiger partial charge in [0.2, 0.25) is 0 Å². The summed E-state index contributed by atoms with van der Waals surface area (Å²) in [7, 11) is 0. The van der Waals surface area contributed by atoms with Crippen molar-refractivity contribution in [1.29, 1.82) is 0 Å². The Kier molecular flexibility index (Phi) is 5.27. The zero-order valence-corrected chi connectivity index (χ0v) is 13.1. The SMILES string of the molecule is CCCc1c(CO)nnn1-c1cccc(C(=O)OC(C)C)c1. The van der Waals surface area contributed by atoms with Crippen LogP contribution in [0.1, 0.15) is 48.9 Å². The largest absolute Gasteiger partial charge is 0.459 e. The summed E-state index contributed by atoms with van der Waals surface area (Å²) in [6.45, 7) is 5.53. The van der Waals surface area contributed by atoms with Gasteiger partial charge in [0.05, 0.1) is 29.7 Å². The van der Waals surface area contributed by atoms with Gasteiger partial charge in [0, 0.05) is 0 Å². The van der Waals surface area contributed by atoms with Gasteiger partial charge in [-0.25, -0.2) is 9.48 Å². The van der Waals surface area contributed by atoms with Gasteiger partial charge in [-0.05, 0) is 38.5 Å². The predicted octanol–water partition coefficient (Wildman–Crippen LogP) is 2.28. The van der Waals surface area contributed by atoms with Crippen molar-refractivity contribution in [2.24, 2.45) is 0 Å². The molecule has 0 radical (unpaired) electrons. The van der Waals surface area contributed by atoms with Crippen LogP contribution in [0.2, 0.25) is 0 Å². The summed E-state index contributed by atoms with van der Waals surface area (Å²) in [5, 5.41) is 17.4. The van der Waals surface area contributed by atoms with Gasteiger partial charge in [-0.1, -0.05) is 24.6 Å². The highest BCUT2D eigenvalue weighted by Crippen LogP contribution is 2.17. The van der Waals surface area contributed by atoms with E-state index in [1.165, 1.54) is 0 Å². The number of ether oxygens (including phenoxy) is 1. The molecule has 6 heteroatoms. The first-order chi connectivity index (χ1) is 10.6. The number of rotatable bonds is 6. The number of carbonyl (C=O) groups excluding carboxylic acids is 1. The molecule has 0 aliphatic carbocycles. The number of hydrogen-bond acceptors (Lipinski definition) is 5. The van der Waals surface area contributed by atoms with Gasteiger partial charge < -0.3 is 9.84 Å². The zero-order valence-electron chi connectivity index (χ0n) is 13.1. The van der Waals surface area contributed by atoms with Crippen molar-refractivity contribution in [2.75, 3.05) is 0 Å². The molecule has 0 fully saturated rings. The number of esters is 1. The molecule has 22 heavy (non-hydrogen) atoms. The quantitative estimate of drug-likeness (QED) is 0.828. The Hall–Kier alpha value is -2.21. The maximum Gasteiger partial charge on any atom is 0.338 e. The summed E-state index contributed by atoms with van der Waals surface area (Å²) in [4.78, 5) is 12.0. The molecule has 118 valence electrons. The molecule has 0 atom stereocenters. The van der Waals surface area contributed by atoms with Crippen molar-refractivity contribution in [2.45, 2.75) is 46.3 Å². The van der Waals surface area contributed by atoms with Crippen LogP contribution in [-0.2, 0) is 17.8 Å². The standard InChI is InChI=1S/C16H21N3O3/c1-4-6-15-14(10-20)17-18-19(15)13-8-5-7-12(9-13)16(21)22-11(2)3/h5,7-9,11,20H,4,6,10H2,1-3H3. The average Bonchev–Trinajstić information content (AvgIpc) is 2.90. The first kappa shape index (κ1) is 16.2. The molecule has 6 nitrogen and oxygen atoms in total. The van der Waals surface area contributed by atoms with Crippen molar-refractivity contribution in [3.8, 4) is 5.69 Å². The second kappa shape index (κ2) is 7.17. The van der Waals surface area contributed by atoms with E-state index in [-0.39, 0.29) is 18.7 Å². The number of aromatic nitrogens is 3. The van der Waals surface area contributed by atoms with Crippen LogP contribution in [0.4, 0.5) is 0 Å². The van der Waals surface area contributed by atoms with Crippen molar-refractivity contribution >= 4 is 5.97 Å². The molecular weight excluding hydrogens is 282 g/mol. The van der Waals surface area contributed by atoms with Gasteiger partial charge in [0.25, 0.3) is 0 Å². The number of aliphatic hydroxyl groups is 1. The van der Waals surface area contributed by atoms with Crippen LogP contribution in [0.5, 0.6) is 0 Å². The van der Waals surface area contributed by atoms with Crippen molar-refractivity contribution in [1.82, 2.24) is 15.0 Å². The maximum atomic E-state index is 12.0. The van der Waals surface area contributed by atoms with E-state index in [0.29, 0.717) is 11.3 Å². The molecule has 1 aromatic carbocycles. The third kappa shape index (κ3) is 3.51. The van der Waals surface area contributed by atoms with Gasteiger partial charge in [-0.15, -0.1) is 5.10 Å². The fourth-order valence-electron chi connectivity index (χ4n) is 2.20. The first-order valence-corrected chi connectivity index (χ1v) is 7.42. The van der Waals surface area contributed by atoms with Crippen molar-refractivity contribution < 1.29 is 14.6 Å². The highest BCUT2D eigenvalue weighted by molar-refractivity contribution is 5.90. The second-order valence-electron chi connectivity index (χ2n) is 5.31. The molecule has 1 aromatic heterocycles. The van der Waals surface area contributed by atoms with Crippen molar-refractivity contribution in [3.63, 3.8) is 0 Å². The Balaban J connectivity index is 2.37. The van der Waals surface area contributed by atoms with Crippen LogP contribution in [0.15, 0.2) is 24.3 Å². The minimum Gasteiger partial charge on any atom is -0.459 e. The smallest absolute Gasteiger partial charge is 0.338 e. The molecule has 0 aliphatic heterocycles. The zero-order chi connectivity index (χ0) is 16.1. The van der Waals surface area contributed by atoms with Crippen LogP contribution in [0.25, 0.3) is 5.69 Å². The van der Waals surface area contributed by atoms with Crippen molar-refractivity contribution in [3.05, 3.63) is 41.2 Å². The second-order valence-corrected chi connectivity index (χ2v) is 5.31. The van der Waals surface area contributed by atoms with Gasteiger partial charge in [0.15, 0.2) is 0 Å². The molecule has 0 saturated heterocycles. The topological polar surface area (TPSA) is 77.2 Å². The summed E-state index contributed by atoms with van der Waals surface area (Å²) in [5.41, 5.74) is 2.62. The molecule has 1 N–H and O–H groups in total. The van der Waals surface area contributed by atoms with Crippen LogP contribution < -0.4 is 0 Å². The molecule has 0 unspecified atom stereocenters. The summed E-state index contributed by atoms with van der Waals surface area (Å²) < 4.78 is 6.87. The number of nitrogens with zero attached hydrogens (tertiary/aromatic N) is 3. The summed E-state index contributed by atoms with van der Waals surface area (Å²) in [6.07, 6.45) is 1.50. The Morgan fingerprint density at radius 1 is 1.41 bits per heavy atom. The normalized spacial score (nSPS) is 11.0. The fraction of sp³-hybridized carbons (Fsp3) is 0.438. The summed E-state index contributed by atoms with van der Waals surface area (Å²) in [5.74, 6) is -0.364. The third-order valence-electron chi connectivity index (χ3n) is 3.15. The first-order valence-electron chi connectivity index (χ1n) is 7.42. The third-order valence-corrected chi connectivity index (χ3v) is 3.15. The highest BCUT2D eigenvalue weighted by atomic mass is 16.5. The lowest BCUT2D eigenvalue weighted by Gasteiger charge is -2.10. The molecule has 0 spiro atoms. The van der Waals surface area contributed by atoms with E-state index in [9.17, 15) is 9.90 Å². The molecule has 2 aromatic rings. The number of benzene rings is 1. The van der Waals surface area contributed by atoms with Crippen LogP contribution in [-0.4, -0.2) is 32.2 Å². The van der Waals surface area contributed by atoms with E-state index >= 15 is 0 Å². The Morgan fingerprint density at radius 2 is 2.18 bits per heavy atom. The Morgan fingerprint density at radius 3 is 2.82 bits per heavy atom. The number of aliphatic hydroxyl groups excluding tert-OH is 1. The Bertz CT molecular complexity index is 650. The minimum atomic E-state index is -0.364. The molecule has 0 saturated carbocycles. The van der Waals surface area contributed by atoms with Crippen LogP contribution in [0, 0.1) is 0 Å². The lowest BCUT2D eigenvalue weighted by Crippen LogP contribution is -2.12. The van der Waals surface area contributed by atoms with Gasteiger partial charge >= 0.3 is 5.97 Å². The van der Waals surface area contributed by atoms with E-state index in [2.05, 4.69) is 17.2 Å². The van der Waals surface area contributed by atoms with Gasteiger partial charge in [0.1, 0.15) is 5.69 Å². The molecule has 0 bridgehead atoms. The molecule has 1 heterocycles. The monoisotopic (exact) mass is 303 g/mol. The van der Waals surface area contributed by atoms with E-state index in [1.807, 2.05) is 19.9 Å². The predicted molar refractivity (Wildman–Crippen MR) is 81.8 cm³/mol. The molecular formula is C16H21N3O3. The average molecular weight is 303 g/mol. The van der Waals surface area contributed by atoms with E-state index in [1.54, 1.807) is 22.9 Å². The number of carbonyl (C=O) groups is 1. The van der Waals surface area contributed by atoms with E-state index in [4.69, 9.17) is 4.74 Å². The maximum absolute atomic E-state index is 12.0. The molecule has 2 rings (SSSR count). The van der Waals surface area contributed by atoms with Crippen LogP contribution >= 0.6 is 0 Å². The van der Waals surface area contributed by atoms with Crippen LogP contribution in [0.3, 0.4) is 0 Å². The summed E-state index contributed by atoms with van der Waals surface area (Å²) in [6, 6.07) is 7.06. The lowest BCUT2D eigenvalue weighted by molar-refractivity contribution is 0.0378. The minimum absolute atomic E-state index is 0.148. The lowest BCUT2D eigenvalue weighted by atomic mass is 10.1. The summed E-state index contributed by atoms with van der Waals surface area (Å²) >= 11 is 0. The molecule has 0 aliphatic rings. The fourth-order valence-corrected chi connectivity index (χ4v) is 2.20.